The largest absolute Gasteiger partial charge is 0.373 e. The SMILES string of the molecule is CC(N)C(=O)N(C)CCN(C)c1ccccc1.Cl. The number of nitrogens with zero attached hydrogens (tertiary/aromatic N) is 2. The Morgan fingerprint density at radius 2 is 1.78 bits per heavy atom. The summed E-state index contributed by atoms with van der Waals surface area (Å²) in [6, 6.07) is 9.66. The molecule has 0 aliphatic heterocycles. The van der Waals surface area contributed by atoms with E-state index in [4.69, 9.17) is 5.73 Å². The molecule has 1 unspecified atom stereocenters. The second kappa shape index (κ2) is 7.95. The number of rotatable bonds is 5. The van der Waals surface area contributed by atoms with Gasteiger partial charge in [-0.3, -0.25) is 4.79 Å². The third-order valence-electron chi connectivity index (χ3n) is 2.73. The molecule has 0 saturated heterocycles. The predicted molar refractivity (Wildman–Crippen MR) is 78.2 cm³/mol. The molecule has 102 valence electrons. The van der Waals surface area contributed by atoms with Crippen molar-refractivity contribution in [2.75, 3.05) is 32.1 Å². The fourth-order valence-electron chi connectivity index (χ4n) is 1.57. The molecule has 4 nitrogen and oxygen atoms in total. The first-order valence-corrected chi connectivity index (χ1v) is 5.79. The number of benzene rings is 1. The van der Waals surface area contributed by atoms with Crippen molar-refractivity contribution >= 4 is 24.0 Å². The quantitative estimate of drug-likeness (QED) is 0.880. The number of halogens is 1. The molecule has 18 heavy (non-hydrogen) atoms. The number of anilines is 1. The molecule has 5 heteroatoms. The smallest absolute Gasteiger partial charge is 0.238 e. The van der Waals surface area contributed by atoms with Gasteiger partial charge in [-0.1, -0.05) is 18.2 Å². The lowest BCUT2D eigenvalue weighted by Crippen LogP contribution is -2.42. The lowest BCUT2D eigenvalue weighted by atomic mass is 10.3. The van der Waals surface area contributed by atoms with Crippen LogP contribution in [0.15, 0.2) is 30.3 Å². The molecular formula is C13H22ClN3O. The van der Waals surface area contributed by atoms with E-state index < -0.39 is 6.04 Å². The van der Waals surface area contributed by atoms with Crippen LogP contribution in [-0.2, 0) is 4.79 Å². The van der Waals surface area contributed by atoms with E-state index in [1.807, 2.05) is 37.4 Å². The Labute approximate surface area is 115 Å². The number of carbonyl (C=O) groups is 1. The molecule has 0 radical (unpaired) electrons. The average molecular weight is 272 g/mol. The summed E-state index contributed by atoms with van der Waals surface area (Å²) in [5.74, 6) is -0.0218. The van der Waals surface area contributed by atoms with Crippen LogP contribution in [-0.4, -0.2) is 44.0 Å². The summed E-state index contributed by atoms with van der Waals surface area (Å²) in [7, 11) is 3.80. The summed E-state index contributed by atoms with van der Waals surface area (Å²) in [4.78, 5) is 15.4. The van der Waals surface area contributed by atoms with E-state index >= 15 is 0 Å². The molecule has 0 fully saturated rings. The second-order valence-corrected chi connectivity index (χ2v) is 4.31. The molecule has 0 saturated carbocycles. The van der Waals surface area contributed by atoms with E-state index in [2.05, 4.69) is 4.90 Å². The maximum atomic E-state index is 11.6. The van der Waals surface area contributed by atoms with Gasteiger partial charge in [0.2, 0.25) is 5.91 Å². The summed E-state index contributed by atoms with van der Waals surface area (Å²) < 4.78 is 0. The van der Waals surface area contributed by atoms with Crippen molar-refractivity contribution in [3.63, 3.8) is 0 Å². The summed E-state index contributed by atoms with van der Waals surface area (Å²) in [6.45, 7) is 3.17. The molecule has 0 aromatic heterocycles. The molecule has 2 N–H and O–H groups in total. The molecule has 1 amide bonds. The number of amides is 1. The van der Waals surface area contributed by atoms with Crippen LogP contribution in [0.4, 0.5) is 5.69 Å². The lowest BCUT2D eigenvalue weighted by molar-refractivity contribution is -0.130. The van der Waals surface area contributed by atoms with Gasteiger partial charge >= 0.3 is 0 Å². The fourth-order valence-corrected chi connectivity index (χ4v) is 1.57. The van der Waals surface area contributed by atoms with Crippen molar-refractivity contribution in [3.05, 3.63) is 30.3 Å². The van der Waals surface area contributed by atoms with Crippen LogP contribution >= 0.6 is 12.4 Å². The Bertz CT molecular complexity index is 357. The van der Waals surface area contributed by atoms with E-state index in [-0.39, 0.29) is 18.3 Å². The number of carbonyl (C=O) groups excluding carboxylic acids is 1. The van der Waals surface area contributed by atoms with Gasteiger partial charge in [-0.2, -0.15) is 0 Å². The van der Waals surface area contributed by atoms with Crippen LogP contribution < -0.4 is 10.6 Å². The van der Waals surface area contributed by atoms with Gasteiger partial charge in [0.1, 0.15) is 0 Å². The predicted octanol–water partition coefficient (Wildman–Crippen LogP) is 1.35. The first-order valence-electron chi connectivity index (χ1n) is 5.79. The highest BCUT2D eigenvalue weighted by Crippen LogP contribution is 2.10. The monoisotopic (exact) mass is 271 g/mol. The number of para-hydroxylation sites is 1. The van der Waals surface area contributed by atoms with Crippen molar-refractivity contribution < 1.29 is 4.79 Å². The topological polar surface area (TPSA) is 49.6 Å². The number of nitrogens with two attached hydrogens (primary N) is 1. The van der Waals surface area contributed by atoms with Crippen LogP contribution in [0.3, 0.4) is 0 Å². The van der Waals surface area contributed by atoms with Gasteiger partial charge in [-0.15, -0.1) is 12.4 Å². The minimum Gasteiger partial charge on any atom is -0.373 e. The van der Waals surface area contributed by atoms with Gasteiger partial charge in [0.25, 0.3) is 0 Å². The highest BCUT2D eigenvalue weighted by molar-refractivity contribution is 5.85. The summed E-state index contributed by atoms with van der Waals surface area (Å²) >= 11 is 0. The zero-order chi connectivity index (χ0) is 12.8. The van der Waals surface area contributed by atoms with Gasteiger partial charge in [0.05, 0.1) is 6.04 Å². The van der Waals surface area contributed by atoms with Gasteiger partial charge in [0.15, 0.2) is 0 Å². The Morgan fingerprint density at radius 1 is 1.22 bits per heavy atom. The average Bonchev–Trinajstić information content (AvgIpc) is 2.35. The normalized spacial score (nSPS) is 11.3. The van der Waals surface area contributed by atoms with E-state index in [0.29, 0.717) is 6.54 Å². The fraction of sp³-hybridized carbons (Fsp3) is 0.462. The van der Waals surface area contributed by atoms with Crippen molar-refractivity contribution in [2.45, 2.75) is 13.0 Å². The van der Waals surface area contributed by atoms with Crippen LogP contribution in [0, 0.1) is 0 Å². The molecule has 0 aliphatic carbocycles. The first-order chi connectivity index (χ1) is 8.02. The molecule has 1 atom stereocenters. The third-order valence-corrected chi connectivity index (χ3v) is 2.73. The lowest BCUT2D eigenvalue weighted by Gasteiger charge is -2.24. The van der Waals surface area contributed by atoms with Crippen molar-refractivity contribution in [3.8, 4) is 0 Å². The minimum atomic E-state index is -0.429. The first kappa shape index (κ1) is 16.7. The van der Waals surface area contributed by atoms with Crippen molar-refractivity contribution in [1.82, 2.24) is 4.90 Å². The zero-order valence-corrected chi connectivity index (χ0v) is 12.0. The molecule has 1 aromatic carbocycles. The maximum absolute atomic E-state index is 11.6. The van der Waals surface area contributed by atoms with Crippen molar-refractivity contribution in [1.29, 1.82) is 0 Å². The highest BCUT2D eigenvalue weighted by Gasteiger charge is 2.13. The molecule has 0 bridgehead atoms. The number of hydrogen-bond donors (Lipinski definition) is 1. The van der Waals surface area contributed by atoms with Crippen LogP contribution in [0.5, 0.6) is 0 Å². The summed E-state index contributed by atoms with van der Waals surface area (Å²) in [5, 5.41) is 0. The Kier molecular flexibility index (Phi) is 7.39. The third kappa shape index (κ3) is 4.94. The molecule has 0 spiro atoms. The highest BCUT2D eigenvalue weighted by atomic mass is 35.5. The number of hydrogen-bond acceptors (Lipinski definition) is 3. The molecule has 0 heterocycles. The van der Waals surface area contributed by atoms with Crippen LogP contribution in [0.2, 0.25) is 0 Å². The van der Waals surface area contributed by atoms with Crippen molar-refractivity contribution in [2.24, 2.45) is 5.73 Å². The minimum absolute atomic E-state index is 0. The van der Waals surface area contributed by atoms with Crippen LogP contribution in [0.25, 0.3) is 0 Å². The van der Waals surface area contributed by atoms with Crippen LogP contribution in [0.1, 0.15) is 6.92 Å². The zero-order valence-electron chi connectivity index (χ0n) is 11.2. The number of likely N-dealkylation sites (N-methyl/N-ethyl adjacent to an activating group) is 2. The Balaban J connectivity index is 0.00000289. The van der Waals surface area contributed by atoms with E-state index in [0.717, 1.165) is 12.2 Å². The van der Waals surface area contributed by atoms with Gasteiger partial charge < -0.3 is 15.5 Å². The van der Waals surface area contributed by atoms with E-state index in [9.17, 15) is 4.79 Å². The molecular weight excluding hydrogens is 250 g/mol. The Hall–Kier alpha value is -1.26. The van der Waals surface area contributed by atoms with Gasteiger partial charge in [-0.25, -0.2) is 0 Å². The summed E-state index contributed by atoms with van der Waals surface area (Å²) in [5.41, 5.74) is 6.70. The molecule has 0 aliphatic rings. The summed E-state index contributed by atoms with van der Waals surface area (Å²) in [6.07, 6.45) is 0. The van der Waals surface area contributed by atoms with Gasteiger partial charge in [0, 0.05) is 32.9 Å². The second-order valence-electron chi connectivity index (χ2n) is 4.31. The van der Waals surface area contributed by atoms with E-state index in [1.165, 1.54) is 0 Å². The standard InChI is InChI=1S/C13H21N3O.ClH/c1-11(14)13(17)16(3)10-9-15(2)12-7-5-4-6-8-12;/h4-8,11H,9-10,14H2,1-3H3;1H. The maximum Gasteiger partial charge on any atom is 0.238 e. The van der Waals surface area contributed by atoms with Gasteiger partial charge in [-0.05, 0) is 19.1 Å². The molecule has 1 rings (SSSR count). The van der Waals surface area contributed by atoms with E-state index in [1.54, 1.807) is 18.9 Å². The molecule has 1 aromatic rings. The Morgan fingerprint density at radius 3 is 2.28 bits per heavy atom.